The summed E-state index contributed by atoms with van der Waals surface area (Å²) in [6.45, 7) is 2.01. The minimum Gasteiger partial charge on any atom is -0.335 e. The number of para-hydroxylation sites is 1. The molecule has 1 aromatic heterocycles. The largest absolute Gasteiger partial charge is 0.418 e. The molecule has 4 rings (SSSR count). The minimum atomic E-state index is -4.57. The fourth-order valence-electron chi connectivity index (χ4n) is 3.57. The second-order valence-corrected chi connectivity index (χ2v) is 7.74. The van der Waals surface area contributed by atoms with Gasteiger partial charge >= 0.3 is 6.18 Å². The van der Waals surface area contributed by atoms with Crippen LogP contribution in [0.3, 0.4) is 0 Å². The molecule has 1 aliphatic rings. The Labute approximate surface area is 186 Å². The van der Waals surface area contributed by atoms with Gasteiger partial charge in [-0.3, -0.25) is 9.69 Å². The van der Waals surface area contributed by atoms with E-state index in [4.69, 9.17) is 11.6 Å². The molecule has 0 saturated carbocycles. The van der Waals surface area contributed by atoms with Crippen molar-refractivity contribution in [1.29, 1.82) is 0 Å². The van der Waals surface area contributed by atoms with Crippen LogP contribution < -0.4 is 0 Å². The SMILES string of the molecule is O=C(c1cn(-c2ccccc2C(F)(F)F)nn1)N1CCN(Cc2c(F)cccc2Cl)CC1. The highest BCUT2D eigenvalue weighted by atomic mass is 35.5. The molecule has 0 N–H and O–H groups in total. The van der Waals surface area contributed by atoms with E-state index >= 15 is 0 Å². The summed E-state index contributed by atoms with van der Waals surface area (Å²) in [5, 5.41) is 7.84. The Hall–Kier alpha value is -2.98. The predicted molar refractivity (Wildman–Crippen MR) is 109 cm³/mol. The van der Waals surface area contributed by atoms with E-state index in [1.165, 1.54) is 36.5 Å². The third-order valence-corrected chi connectivity index (χ3v) is 5.63. The highest BCUT2D eigenvalue weighted by molar-refractivity contribution is 6.31. The molecule has 0 radical (unpaired) electrons. The molecule has 1 saturated heterocycles. The maximum absolute atomic E-state index is 14.0. The van der Waals surface area contributed by atoms with Crippen molar-refractivity contribution >= 4 is 17.5 Å². The highest BCUT2D eigenvalue weighted by Gasteiger charge is 2.34. The monoisotopic (exact) mass is 467 g/mol. The van der Waals surface area contributed by atoms with Crippen LogP contribution >= 0.6 is 11.6 Å². The van der Waals surface area contributed by atoms with Crippen LogP contribution in [0.15, 0.2) is 48.7 Å². The number of nitrogens with zero attached hydrogens (tertiary/aromatic N) is 5. The summed E-state index contributed by atoms with van der Waals surface area (Å²) in [6.07, 6.45) is -3.37. The summed E-state index contributed by atoms with van der Waals surface area (Å²) in [5.41, 5.74) is -0.727. The number of rotatable bonds is 4. The molecule has 0 spiro atoms. The molecule has 0 atom stereocenters. The van der Waals surface area contributed by atoms with E-state index in [0.717, 1.165) is 10.7 Å². The molecular formula is C21H18ClF4N5O. The molecule has 0 bridgehead atoms. The van der Waals surface area contributed by atoms with Gasteiger partial charge in [0, 0.05) is 43.3 Å². The number of alkyl halides is 3. The molecular weight excluding hydrogens is 450 g/mol. The first-order chi connectivity index (χ1) is 15.2. The lowest BCUT2D eigenvalue weighted by Gasteiger charge is -2.34. The van der Waals surface area contributed by atoms with Crippen molar-refractivity contribution in [3.8, 4) is 5.69 Å². The Morgan fingerprint density at radius 2 is 1.75 bits per heavy atom. The molecule has 32 heavy (non-hydrogen) atoms. The zero-order chi connectivity index (χ0) is 22.9. The molecule has 2 aromatic carbocycles. The molecule has 1 fully saturated rings. The molecule has 168 valence electrons. The van der Waals surface area contributed by atoms with Crippen LogP contribution in [0, 0.1) is 5.82 Å². The van der Waals surface area contributed by atoms with Crippen LogP contribution in [0.2, 0.25) is 5.02 Å². The van der Waals surface area contributed by atoms with Gasteiger partial charge in [0.2, 0.25) is 0 Å². The van der Waals surface area contributed by atoms with Crippen LogP contribution in [-0.4, -0.2) is 56.9 Å². The molecule has 1 aliphatic heterocycles. The Kier molecular flexibility index (Phi) is 6.16. The van der Waals surface area contributed by atoms with Crippen molar-refractivity contribution in [3.63, 3.8) is 0 Å². The number of halogens is 5. The van der Waals surface area contributed by atoms with Gasteiger partial charge in [-0.15, -0.1) is 5.10 Å². The van der Waals surface area contributed by atoms with Crippen LogP contribution in [-0.2, 0) is 12.7 Å². The number of benzene rings is 2. The Balaban J connectivity index is 1.43. The van der Waals surface area contributed by atoms with E-state index in [1.54, 1.807) is 11.0 Å². The second kappa shape index (κ2) is 8.87. The average Bonchev–Trinajstić information content (AvgIpc) is 3.26. The standard InChI is InChI=1S/C21H18ClF4N5O/c22-16-5-3-6-17(23)14(16)12-29-8-10-30(11-9-29)20(32)18-13-31(28-27-18)19-7-2-1-4-15(19)21(24,25)26/h1-7,13H,8-12H2. The van der Waals surface area contributed by atoms with Gasteiger partial charge in [-0.2, -0.15) is 13.2 Å². The molecule has 2 heterocycles. The van der Waals surface area contributed by atoms with Gasteiger partial charge in [-0.1, -0.05) is 35.0 Å². The van der Waals surface area contributed by atoms with E-state index in [1.807, 2.05) is 4.90 Å². The number of amides is 1. The molecule has 1 amide bonds. The average molecular weight is 468 g/mol. The molecule has 11 heteroatoms. The smallest absolute Gasteiger partial charge is 0.335 e. The molecule has 0 unspecified atom stereocenters. The van der Waals surface area contributed by atoms with Gasteiger partial charge in [-0.05, 0) is 24.3 Å². The quantitative estimate of drug-likeness (QED) is 0.544. The van der Waals surface area contributed by atoms with Crippen molar-refractivity contribution in [2.45, 2.75) is 12.7 Å². The lowest BCUT2D eigenvalue weighted by Crippen LogP contribution is -2.48. The minimum absolute atomic E-state index is 0.0485. The lowest BCUT2D eigenvalue weighted by molar-refractivity contribution is -0.137. The van der Waals surface area contributed by atoms with Crippen LogP contribution in [0.4, 0.5) is 17.6 Å². The first kappa shape index (κ1) is 22.2. The van der Waals surface area contributed by atoms with E-state index < -0.39 is 17.6 Å². The van der Waals surface area contributed by atoms with Gasteiger partial charge in [-0.25, -0.2) is 9.07 Å². The van der Waals surface area contributed by atoms with Gasteiger partial charge < -0.3 is 4.90 Å². The van der Waals surface area contributed by atoms with Gasteiger partial charge in [0.15, 0.2) is 5.69 Å². The summed E-state index contributed by atoms with van der Waals surface area (Å²) in [5.74, 6) is -0.809. The van der Waals surface area contributed by atoms with E-state index in [-0.39, 0.29) is 17.2 Å². The Morgan fingerprint density at radius 3 is 2.44 bits per heavy atom. The van der Waals surface area contributed by atoms with Crippen molar-refractivity contribution in [3.05, 3.63) is 76.3 Å². The number of hydrogen-bond acceptors (Lipinski definition) is 4. The third-order valence-electron chi connectivity index (χ3n) is 5.27. The zero-order valence-electron chi connectivity index (χ0n) is 16.7. The molecule has 0 aliphatic carbocycles. The first-order valence-electron chi connectivity index (χ1n) is 9.77. The van der Waals surface area contributed by atoms with Crippen LogP contribution in [0.5, 0.6) is 0 Å². The lowest BCUT2D eigenvalue weighted by atomic mass is 10.1. The summed E-state index contributed by atoms with van der Waals surface area (Å²) >= 11 is 6.08. The predicted octanol–water partition coefficient (Wildman–Crippen LogP) is 4.04. The maximum atomic E-state index is 14.0. The number of piperazine rings is 1. The van der Waals surface area contributed by atoms with Gasteiger partial charge in [0.05, 0.1) is 17.4 Å². The summed E-state index contributed by atoms with van der Waals surface area (Å²) in [6, 6.07) is 9.45. The summed E-state index contributed by atoms with van der Waals surface area (Å²) in [4.78, 5) is 16.3. The van der Waals surface area contributed by atoms with Crippen LogP contribution in [0.1, 0.15) is 21.6 Å². The van der Waals surface area contributed by atoms with Crippen molar-refractivity contribution in [1.82, 2.24) is 24.8 Å². The van der Waals surface area contributed by atoms with Crippen LogP contribution in [0.25, 0.3) is 5.69 Å². The highest BCUT2D eigenvalue weighted by Crippen LogP contribution is 2.33. The van der Waals surface area contributed by atoms with E-state index in [2.05, 4.69) is 10.3 Å². The summed E-state index contributed by atoms with van der Waals surface area (Å²) in [7, 11) is 0. The Morgan fingerprint density at radius 1 is 1.03 bits per heavy atom. The number of carbonyl (C=O) groups is 1. The van der Waals surface area contributed by atoms with Gasteiger partial charge in [0.25, 0.3) is 5.91 Å². The summed E-state index contributed by atoms with van der Waals surface area (Å²) < 4.78 is 54.7. The number of aromatic nitrogens is 3. The second-order valence-electron chi connectivity index (χ2n) is 7.33. The topological polar surface area (TPSA) is 54.3 Å². The third kappa shape index (κ3) is 4.61. The fraction of sp³-hybridized carbons (Fsp3) is 0.286. The number of hydrogen-bond donors (Lipinski definition) is 0. The van der Waals surface area contributed by atoms with Crippen molar-refractivity contribution in [2.24, 2.45) is 0 Å². The van der Waals surface area contributed by atoms with E-state index in [9.17, 15) is 22.4 Å². The first-order valence-corrected chi connectivity index (χ1v) is 10.2. The maximum Gasteiger partial charge on any atom is 0.418 e. The van der Waals surface area contributed by atoms with Gasteiger partial charge in [0.1, 0.15) is 5.82 Å². The van der Waals surface area contributed by atoms with Crippen molar-refractivity contribution < 1.29 is 22.4 Å². The van der Waals surface area contributed by atoms with Crippen molar-refractivity contribution in [2.75, 3.05) is 26.2 Å². The molecule has 3 aromatic rings. The number of carbonyl (C=O) groups excluding carboxylic acids is 1. The van der Waals surface area contributed by atoms with E-state index in [0.29, 0.717) is 43.3 Å². The normalized spacial score (nSPS) is 15.2. The fourth-order valence-corrected chi connectivity index (χ4v) is 3.79. The Bertz CT molecular complexity index is 1110. The zero-order valence-corrected chi connectivity index (χ0v) is 17.4. The molecule has 6 nitrogen and oxygen atoms in total.